The summed E-state index contributed by atoms with van der Waals surface area (Å²) >= 11 is 0. The molecule has 1 heterocycles. The molecule has 104 valence electrons. The van der Waals surface area contributed by atoms with Gasteiger partial charge in [0.1, 0.15) is 0 Å². The average molecular weight is 257 g/mol. The maximum Gasteiger partial charge on any atom is 0.0354 e. The van der Waals surface area contributed by atoms with Gasteiger partial charge in [-0.05, 0) is 42.1 Å². The summed E-state index contributed by atoms with van der Waals surface area (Å²) in [6, 6.07) is 12.4. The minimum Gasteiger partial charge on any atom is -0.307 e. The van der Waals surface area contributed by atoms with Gasteiger partial charge in [-0.2, -0.15) is 0 Å². The highest BCUT2D eigenvalue weighted by molar-refractivity contribution is 5.23. The van der Waals surface area contributed by atoms with E-state index in [2.05, 4.69) is 56.4 Å². The minimum atomic E-state index is 0.427. The van der Waals surface area contributed by atoms with E-state index in [1.807, 2.05) is 0 Å². The molecule has 1 aromatic rings. The van der Waals surface area contributed by atoms with E-state index in [-0.39, 0.29) is 0 Å². The van der Waals surface area contributed by atoms with Crippen molar-refractivity contribution in [3.63, 3.8) is 0 Å². The third-order valence-corrected chi connectivity index (χ3v) is 4.95. The Morgan fingerprint density at radius 1 is 1.05 bits per heavy atom. The number of hydrogen-bond donors (Lipinski definition) is 1. The van der Waals surface area contributed by atoms with Crippen molar-refractivity contribution in [1.29, 1.82) is 0 Å². The Kier molecular flexibility index (Phi) is 3.42. The van der Waals surface area contributed by atoms with Crippen molar-refractivity contribution in [2.45, 2.75) is 58.5 Å². The molecule has 0 aromatic heterocycles. The number of hydrogen-bond acceptors (Lipinski definition) is 1. The molecule has 2 aliphatic rings. The van der Waals surface area contributed by atoms with Gasteiger partial charge in [0.15, 0.2) is 0 Å². The van der Waals surface area contributed by atoms with E-state index < -0.39 is 0 Å². The molecule has 1 N–H and O–H groups in total. The molecule has 19 heavy (non-hydrogen) atoms. The normalized spacial score (nSPS) is 34.5. The Labute approximate surface area is 117 Å². The van der Waals surface area contributed by atoms with E-state index in [0.29, 0.717) is 11.5 Å². The maximum absolute atomic E-state index is 3.97. The summed E-state index contributed by atoms with van der Waals surface area (Å²) in [6.45, 7) is 7.11. The number of benzene rings is 1. The second-order valence-corrected chi connectivity index (χ2v) is 7.68. The van der Waals surface area contributed by atoms with Gasteiger partial charge >= 0.3 is 0 Å². The molecule has 2 fully saturated rings. The van der Waals surface area contributed by atoms with Crippen LogP contribution in [0.2, 0.25) is 0 Å². The highest BCUT2D eigenvalue weighted by Crippen LogP contribution is 2.49. The maximum atomic E-state index is 3.97. The SMILES string of the molecule is CC(C)(C)CC1NC(c2ccccc2)C2CCCC12. The lowest BCUT2D eigenvalue weighted by atomic mass is 9.81. The lowest BCUT2D eigenvalue weighted by molar-refractivity contribution is 0.278. The van der Waals surface area contributed by atoms with Gasteiger partial charge in [0.2, 0.25) is 0 Å². The van der Waals surface area contributed by atoms with Crippen LogP contribution >= 0.6 is 0 Å². The fourth-order valence-corrected chi connectivity index (χ4v) is 4.28. The number of nitrogens with one attached hydrogen (secondary N) is 1. The first kappa shape index (κ1) is 13.2. The third-order valence-electron chi connectivity index (χ3n) is 4.95. The van der Waals surface area contributed by atoms with Crippen LogP contribution in [0.4, 0.5) is 0 Å². The molecule has 1 aliphatic heterocycles. The van der Waals surface area contributed by atoms with E-state index in [1.165, 1.54) is 31.2 Å². The molecule has 0 radical (unpaired) electrons. The summed E-state index contributed by atoms with van der Waals surface area (Å²) in [5.74, 6) is 1.78. The zero-order valence-corrected chi connectivity index (χ0v) is 12.5. The van der Waals surface area contributed by atoms with Crippen LogP contribution in [-0.4, -0.2) is 6.04 Å². The Morgan fingerprint density at radius 2 is 1.74 bits per heavy atom. The standard InChI is InChI=1S/C18H27N/c1-18(2,3)12-16-14-10-7-11-15(14)17(19-16)13-8-5-4-6-9-13/h4-6,8-9,14-17,19H,7,10-12H2,1-3H3. The molecule has 4 unspecified atom stereocenters. The highest BCUT2D eigenvalue weighted by Gasteiger charge is 2.46. The van der Waals surface area contributed by atoms with Crippen LogP contribution in [0.25, 0.3) is 0 Å². The van der Waals surface area contributed by atoms with Crippen molar-refractivity contribution in [2.24, 2.45) is 17.3 Å². The fourth-order valence-electron chi connectivity index (χ4n) is 4.28. The van der Waals surface area contributed by atoms with Gasteiger partial charge in [0.25, 0.3) is 0 Å². The van der Waals surface area contributed by atoms with Gasteiger partial charge in [0, 0.05) is 12.1 Å². The quantitative estimate of drug-likeness (QED) is 0.819. The molecule has 1 nitrogen and oxygen atoms in total. The Bertz CT molecular complexity index is 417. The van der Waals surface area contributed by atoms with Gasteiger partial charge in [-0.15, -0.1) is 0 Å². The second-order valence-electron chi connectivity index (χ2n) is 7.68. The van der Waals surface area contributed by atoms with Crippen LogP contribution in [0.5, 0.6) is 0 Å². The van der Waals surface area contributed by atoms with Crippen molar-refractivity contribution >= 4 is 0 Å². The van der Waals surface area contributed by atoms with Gasteiger partial charge in [-0.1, -0.05) is 57.5 Å². The van der Waals surface area contributed by atoms with Crippen LogP contribution in [-0.2, 0) is 0 Å². The van der Waals surface area contributed by atoms with Crippen LogP contribution in [0.15, 0.2) is 30.3 Å². The first-order valence-corrected chi connectivity index (χ1v) is 7.86. The van der Waals surface area contributed by atoms with Crippen molar-refractivity contribution in [2.75, 3.05) is 0 Å². The van der Waals surface area contributed by atoms with E-state index in [1.54, 1.807) is 0 Å². The molecule has 0 amide bonds. The van der Waals surface area contributed by atoms with Crippen molar-refractivity contribution in [3.05, 3.63) is 35.9 Å². The van der Waals surface area contributed by atoms with Crippen LogP contribution < -0.4 is 5.32 Å². The van der Waals surface area contributed by atoms with Crippen molar-refractivity contribution < 1.29 is 0 Å². The molecule has 3 rings (SSSR count). The van der Waals surface area contributed by atoms with E-state index in [9.17, 15) is 0 Å². The van der Waals surface area contributed by atoms with E-state index in [0.717, 1.165) is 17.9 Å². The average Bonchev–Trinajstić information content (AvgIpc) is 2.92. The molecule has 0 spiro atoms. The largest absolute Gasteiger partial charge is 0.307 e. The summed E-state index contributed by atoms with van der Waals surface area (Å²) in [6.07, 6.45) is 5.58. The predicted octanol–water partition coefficient (Wildman–Crippen LogP) is 4.55. The Morgan fingerprint density at radius 3 is 2.42 bits per heavy atom. The lowest BCUT2D eigenvalue weighted by Crippen LogP contribution is -2.32. The zero-order valence-electron chi connectivity index (χ0n) is 12.5. The van der Waals surface area contributed by atoms with Crippen LogP contribution in [0.3, 0.4) is 0 Å². The monoisotopic (exact) mass is 257 g/mol. The summed E-state index contributed by atoms with van der Waals surface area (Å²) in [4.78, 5) is 0. The Hall–Kier alpha value is -0.820. The highest BCUT2D eigenvalue weighted by atomic mass is 15.0. The molecule has 1 saturated carbocycles. The molecular formula is C18H27N. The first-order valence-electron chi connectivity index (χ1n) is 7.86. The van der Waals surface area contributed by atoms with Crippen molar-refractivity contribution in [3.8, 4) is 0 Å². The molecule has 1 heteroatoms. The predicted molar refractivity (Wildman–Crippen MR) is 81.0 cm³/mol. The van der Waals surface area contributed by atoms with E-state index >= 15 is 0 Å². The molecule has 4 atom stereocenters. The molecular weight excluding hydrogens is 230 g/mol. The summed E-state index contributed by atoms with van der Waals surface area (Å²) < 4.78 is 0. The number of rotatable bonds is 2. The lowest BCUT2D eigenvalue weighted by Gasteiger charge is -2.27. The van der Waals surface area contributed by atoms with E-state index in [4.69, 9.17) is 0 Å². The number of fused-ring (bicyclic) bond motifs is 1. The molecule has 1 saturated heterocycles. The molecule has 0 bridgehead atoms. The van der Waals surface area contributed by atoms with Gasteiger partial charge in [-0.3, -0.25) is 0 Å². The Balaban J connectivity index is 1.81. The smallest absolute Gasteiger partial charge is 0.0354 e. The molecule has 1 aliphatic carbocycles. The van der Waals surface area contributed by atoms with Gasteiger partial charge in [0.05, 0.1) is 0 Å². The fraction of sp³-hybridized carbons (Fsp3) is 0.667. The van der Waals surface area contributed by atoms with Crippen molar-refractivity contribution in [1.82, 2.24) is 5.32 Å². The zero-order chi connectivity index (χ0) is 13.5. The molecule has 1 aromatic carbocycles. The minimum absolute atomic E-state index is 0.427. The topological polar surface area (TPSA) is 12.0 Å². The second kappa shape index (κ2) is 4.94. The van der Waals surface area contributed by atoms with Crippen LogP contribution in [0, 0.1) is 17.3 Å². The summed E-state index contributed by atoms with van der Waals surface area (Å²) in [5.41, 5.74) is 1.92. The van der Waals surface area contributed by atoms with Gasteiger partial charge in [-0.25, -0.2) is 0 Å². The summed E-state index contributed by atoms with van der Waals surface area (Å²) in [7, 11) is 0. The first-order chi connectivity index (χ1) is 9.04. The van der Waals surface area contributed by atoms with Gasteiger partial charge < -0.3 is 5.32 Å². The van der Waals surface area contributed by atoms with Crippen LogP contribution in [0.1, 0.15) is 58.1 Å². The third kappa shape index (κ3) is 2.72. The summed E-state index contributed by atoms with van der Waals surface area (Å²) in [5, 5.41) is 3.97.